The summed E-state index contributed by atoms with van der Waals surface area (Å²) in [6.45, 7) is 6.34. The molecule has 1 saturated heterocycles. The van der Waals surface area contributed by atoms with Gasteiger partial charge in [0.15, 0.2) is 0 Å². The van der Waals surface area contributed by atoms with Gasteiger partial charge in [0.05, 0.1) is 17.7 Å². The lowest BCUT2D eigenvalue weighted by Gasteiger charge is -2.35. The quantitative estimate of drug-likeness (QED) is 0.104. The summed E-state index contributed by atoms with van der Waals surface area (Å²) < 4.78 is 41.6. The van der Waals surface area contributed by atoms with Crippen molar-refractivity contribution in [2.45, 2.75) is 71.6 Å². The van der Waals surface area contributed by atoms with Gasteiger partial charge in [-0.2, -0.15) is 9.59 Å². The average Bonchev–Trinajstić information content (AvgIpc) is 3.42. The molecule has 0 saturated carbocycles. The van der Waals surface area contributed by atoms with E-state index >= 15 is 0 Å². The molecule has 4 amide bonds. The highest BCUT2D eigenvalue weighted by Gasteiger charge is 2.39. The van der Waals surface area contributed by atoms with Gasteiger partial charge in [-0.25, -0.2) is 0 Å². The van der Waals surface area contributed by atoms with Crippen molar-refractivity contribution in [2.75, 3.05) is 31.6 Å². The lowest BCUT2D eigenvalue weighted by molar-refractivity contribution is -0.241. The zero-order valence-corrected chi connectivity index (χ0v) is 31.1. The minimum atomic E-state index is -3.11. The first-order valence-corrected chi connectivity index (χ1v) is 17.4. The van der Waals surface area contributed by atoms with Crippen LogP contribution in [0, 0.1) is 11.3 Å². The summed E-state index contributed by atoms with van der Waals surface area (Å²) in [7, 11) is -3.11. The van der Waals surface area contributed by atoms with Crippen LogP contribution in [0.5, 0.6) is 5.75 Å². The Bertz CT molecular complexity index is 1720. The van der Waals surface area contributed by atoms with Gasteiger partial charge in [0.25, 0.3) is 11.8 Å². The largest absolute Gasteiger partial charge is 0.461 e. The summed E-state index contributed by atoms with van der Waals surface area (Å²) in [6, 6.07) is 4.69. The van der Waals surface area contributed by atoms with E-state index < -0.39 is 70.2 Å². The number of amides is 4. The molecule has 0 radical (unpaired) electrons. The molecule has 0 spiro atoms. The first kappa shape index (κ1) is 47.6. The number of aliphatic hydroxyl groups excluding tert-OH is 3. The van der Waals surface area contributed by atoms with Crippen LogP contribution in [-0.4, -0.2) is 125 Å². The van der Waals surface area contributed by atoms with Gasteiger partial charge in [-0.15, -0.1) is 12.6 Å². The Hall–Kier alpha value is -5.44. The van der Waals surface area contributed by atoms with Crippen LogP contribution in [-0.2, 0) is 58.4 Å². The number of Topliss-reactive ketones (excluding diaryl/α,β-unsaturated/α-hetero) is 1. The van der Waals surface area contributed by atoms with Crippen molar-refractivity contribution in [3.8, 4) is 5.75 Å². The average molecular weight is 798 g/mol. The summed E-state index contributed by atoms with van der Waals surface area (Å²) in [6.07, 6.45) is -0.338. The Balaban J connectivity index is 0.00000199. The molecule has 5 N–H and O–H groups in total. The predicted molar refractivity (Wildman–Crippen MR) is 185 cm³/mol. The molecule has 1 aromatic rings. The van der Waals surface area contributed by atoms with Gasteiger partial charge in [-0.05, 0) is 44.5 Å². The molecule has 0 unspecified atom stereocenters. The van der Waals surface area contributed by atoms with Gasteiger partial charge in [0.1, 0.15) is 36.5 Å². The Morgan fingerprint density at radius 1 is 1.04 bits per heavy atom. The van der Waals surface area contributed by atoms with Crippen LogP contribution in [0.3, 0.4) is 0 Å². The number of hydrogen-bond donors (Lipinski definition) is 5. The van der Waals surface area contributed by atoms with E-state index in [0.29, 0.717) is 5.56 Å². The van der Waals surface area contributed by atoms with Crippen molar-refractivity contribution in [3.63, 3.8) is 0 Å². The molecule has 2 aliphatic heterocycles. The second-order valence-electron chi connectivity index (χ2n) is 12.8. The van der Waals surface area contributed by atoms with E-state index in [1.165, 1.54) is 6.07 Å². The molecule has 0 aliphatic carbocycles. The number of anilines is 1. The normalized spacial score (nSPS) is 19.5. The van der Waals surface area contributed by atoms with Gasteiger partial charge < -0.3 is 40.2 Å². The van der Waals surface area contributed by atoms with Gasteiger partial charge >= 0.3 is 22.7 Å². The minimum absolute atomic E-state index is 0.0113. The van der Waals surface area contributed by atoms with E-state index in [-0.39, 0.29) is 74.9 Å². The number of nitrogens with zero attached hydrogens (tertiary/aromatic N) is 1. The standard InChI is InChI=1S/C33H43N3O12.CO2.O3S/c1-19(16-21(37)12-14-36-26(40)9-10-27(36)41)30(44)34-13-11-25(39)35-22-17-20(6-5-15-46-32(45)33(2,3)4)7-8-24(22)48-31-29(43)28(42)23(38)18-47-31;2-1-3;1-4(2)3/h5-10,17,19,23,28-29,31,38,42-43H,11-16,18H2,1-4H3,(H,34,44)(H,35,39);;/b6-5+;;/t19-,23-,28+,29-,31+;;/m1../s1. The number of nitrogens with one attached hydrogen (secondary N) is 2. The molecule has 1 aromatic carbocycles. The fraction of sp³-hybridized carbons (Fsp3) is 0.500. The van der Waals surface area contributed by atoms with Gasteiger partial charge in [-0.3, -0.25) is 33.7 Å². The predicted octanol–water partition coefficient (Wildman–Crippen LogP) is -1.13. The number of esters is 1. The Morgan fingerprint density at radius 3 is 2.22 bits per heavy atom. The maximum Gasteiger partial charge on any atom is 0.425 e. The number of hydrogen-bond acceptors (Lipinski definition) is 17. The number of carbonyl (C=O) groups excluding carboxylic acids is 8. The maximum atomic E-state index is 12.9. The number of carbonyl (C=O) groups is 6. The van der Waals surface area contributed by atoms with Crippen LogP contribution in [0.25, 0.3) is 6.08 Å². The third-order valence-electron chi connectivity index (χ3n) is 7.36. The number of benzene rings is 1. The van der Waals surface area contributed by atoms with Crippen molar-refractivity contribution >= 4 is 63.9 Å². The lowest BCUT2D eigenvalue weighted by atomic mass is 9.97. The second-order valence-corrected chi connectivity index (χ2v) is 13.2. The van der Waals surface area contributed by atoms with Gasteiger partial charge in [0, 0.05) is 50.4 Å². The molecule has 1 fully saturated rings. The smallest absolute Gasteiger partial charge is 0.425 e. The fourth-order valence-corrected chi connectivity index (χ4v) is 4.49. The van der Waals surface area contributed by atoms with E-state index in [1.807, 2.05) is 0 Å². The van der Waals surface area contributed by atoms with Crippen molar-refractivity contribution in [1.82, 2.24) is 10.2 Å². The number of imide groups is 1. The van der Waals surface area contributed by atoms with Crippen molar-refractivity contribution in [2.24, 2.45) is 11.3 Å². The third kappa shape index (κ3) is 17.5. The summed E-state index contributed by atoms with van der Waals surface area (Å²) in [5.41, 5.74) is 0.0951. The van der Waals surface area contributed by atoms with E-state index in [9.17, 15) is 44.1 Å². The summed E-state index contributed by atoms with van der Waals surface area (Å²) in [5.74, 6) is -3.27. The summed E-state index contributed by atoms with van der Waals surface area (Å²) in [5, 5.41) is 35.4. The first-order chi connectivity index (χ1) is 25.7. The molecule has 55 heavy (non-hydrogen) atoms. The topological polar surface area (TPSA) is 303 Å². The van der Waals surface area contributed by atoms with Crippen LogP contribution < -0.4 is 15.4 Å². The van der Waals surface area contributed by atoms with Crippen LogP contribution in [0.2, 0.25) is 0 Å². The number of ketones is 1. The Kier molecular flexibility index (Phi) is 20.2. The van der Waals surface area contributed by atoms with Gasteiger partial charge in [0.2, 0.25) is 18.1 Å². The van der Waals surface area contributed by atoms with E-state index in [1.54, 1.807) is 52.0 Å². The zero-order valence-electron chi connectivity index (χ0n) is 30.3. The number of rotatable bonds is 15. The molecular weight excluding hydrogens is 754 g/mol. The molecule has 302 valence electrons. The SMILES string of the molecule is C[C@H](CC(=O)CCN1C(=O)C=CC1=O)C(=O)NCCC(=O)Nc1cc(/C=C/COC(=O)C(C)(C)C)ccc1O[C@@H]1OC[C@@H](O)[C@H](O)[C@H]1O.O=C=O.O=S(=O)=O. The number of aliphatic hydroxyl groups is 3. The summed E-state index contributed by atoms with van der Waals surface area (Å²) >= 11 is 0. The highest BCUT2D eigenvalue weighted by molar-refractivity contribution is 7.59. The lowest BCUT2D eigenvalue weighted by Crippen LogP contribution is -2.54. The molecule has 20 nitrogen and oxygen atoms in total. The molecule has 0 bridgehead atoms. The Labute approximate surface area is 316 Å². The van der Waals surface area contributed by atoms with Gasteiger partial charge in [-0.1, -0.05) is 19.1 Å². The molecule has 2 heterocycles. The third-order valence-corrected chi connectivity index (χ3v) is 7.36. The highest BCUT2D eigenvalue weighted by Crippen LogP contribution is 2.30. The molecular formula is C34H43N3O17S. The molecule has 5 atom stereocenters. The van der Waals surface area contributed by atoms with Crippen molar-refractivity contribution in [3.05, 3.63) is 42.0 Å². The van der Waals surface area contributed by atoms with Crippen LogP contribution in [0.15, 0.2) is 36.4 Å². The molecule has 2 aliphatic rings. The van der Waals surface area contributed by atoms with Crippen LogP contribution in [0.1, 0.15) is 52.5 Å². The molecule has 21 heteroatoms. The number of ether oxygens (including phenoxy) is 3. The minimum Gasteiger partial charge on any atom is -0.461 e. The summed E-state index contributed by atoms with van der Waals surface area (Å²) in [4.78, 5) is 90.2. The Morgan fingerprint density at radius 2 is 1.64 bits per heavy atom. The fourth-order valence-electron chi connectivity index (χ4n) is 4.49. The molecule has 3 rings (SSSR count). The van der Waals surface area contributed by atoms with Crippen molar-refractivity contribution in [1.29, 1.82) is 0 Å². The first-order valence-electron chi connectivity index (χ1n) is 16.4. The van der Waals surface area contributed by atoms with E-state index in [4.69, 9.17) is 36.4 Å². The van der Waals surface area contributed by atoms with Crippen molar-refractivity contribution < 1.29 is 80.5 Å². The maximum absolute atomic E-state index is 12.9. The van der Waals surface area contributed by atoms with Crippen LogP contribution >= 0.6 is 0 Å². The van der Waals surface area contributed by atoms with Crippen LogP contribution in [0.4, 0.5) is 5.69 Å². The molecule has 0 aromatic heterocycles. The zero-order chi connectivity index (χ0) is 41.9. The monoisotopic (exact) mass is 797 g/mol. The van der Waals surface area contributed by atoms with E-state index in [2.05, 4.69) is 10.6 Å². The second kappa shape index (κ2) is 23.4. The highest BCUT2D eigenvalue weighted by atomic mass is 32.2. The van der Waals surface area contributed by atoms with E-state index in [0.717, 1.165) is 17.1 Å².